The van der Waals surface area contributed by atoms with E-state index in [0.29, 0.717) is 5.56 Å². The van der Waals surface area contributed by atoms with E-state index >= 15 is 0 Å². The van der Waals surface area contributed by atoms with Gasteiger partial charge in [0.2, 0.25) is 5.91 Å². The molecule has 4 nitrogen and oxygen atoms in total. The lowest BCUT2D eigenvalue weighted by Gasteiger charge is -2.28. The summed E-state index contributed by atoms with van der Waals surface area (Å²) in [6, 6.07) is 5.74. The van der Waals surface area contributed by atoms with Crippen LogP contribution in [-0.2, 0) is 4.79 Å². The molecule has 20 heavy (non-hydrogen) atoms. The molecule has 0 heterocycles. The zero-order chi connectivity index (χ0) is 14.7. The number of amides is 2. The van der Waals surface area contributed by atoms with E-state index in [-0.39, 0.29) is 18.5 Å². The molecule has 1 saturated carbocycles. The first-order valence-electron chi connectivity index (χ1n) is 6.84. The third-order valence-corrected chi connectivity index (χ3v) is 4.28. The molecule has 1 fully saturated rings. The zero-order valence-electron chi connectivity index (χ0n) is 11.6. The third-order valence-electron chi connectivity index (χ3n) is 3.78. The fourth-order valence-electron chi connectivity index (χ4n) is 2.73. The number of aryl methyl sites for hydroxylation is 1. The molecule has 0 bridgehead atoms. The zero-order valence-corrected chi connectivity index (χ0v) is 13.1. The monoisotopic (exact) mass is 338 g/mol. The molecule has 0 aromatic heterocycles. The van der Waals surface area contributed by atoms with Gasteiger partial charge in [-0.2, -0.15) is 0 Å². The van der Waals surface area contributed by atoms with Crippen LogP contribution >= 0.6 is 15.9 Å². The number of nitrogens with two attached hydrogens (primary N) is 1. The van der Waals surface area contributed by atoms with Crippen LogP contribution in [0.1, 0.15) is 41.6 Å². The van der Waals surface area contributed by atoms with E-state index in [1.165, 1.54) is 0 Å². The number of rotatable bonds is 4. The Morgan fingerprint density at radius 1 is 1.35 bits per heavy atom. The molecule has 0 unspecified atom stereocenters. The molecule has 0 spiro atoms. The van der Waals surface area contributed by atoms with Crippen LogP contribution in [0.2, 0.25) is 0 Å². The van der Waals surface area contributed by atoms with Crippen molar-refractivity contribution in [1.82, 2.24) is 4.90 Å². The molecule has 5 heteroatoms. The summed E-state index contributed by atoms with van der Waals surface area (Å²) in [5, 5.41) is 0. The Balaban J connectivity index is 2.29. The number of hydrogen-bond acceptors (Lipinski definition) is 2. The largest absolute Gasteiger partial charge is 0.368 e. The van der Waals surface area contributed by atoms with Crippen LogP contribution in [0.25, 0.3) is 0 Å². The maximum Gasteiger partial charge on any atom is 0.254 e. The number of benzene rings is 1. The van der Waals surface area contributed by atoms with Gasteiger partial charge in [0.1, 0.15) is 0 Å². The van der Waals surface area contributed by atoms with Crippen LogP contribution in [0.4, 0.5) is 0 Å². The fraction of sp³-hybridized carbons (Fsp3) is 0.467. The lowest BCUT2D eigenvalue weighted by molar-refractivity contribution is -0.119. The predicted octanol–water partition coefficient (Wildman–Crippen LogP) is 2.63. The minimum atomic E-state index is -0.460. The van der Waals surface area contributed by atoms with E-state index in [1.54, 1.807) is 11.0 Å². The van der Waals surface area contributed by atoms with E-state index in [2.05, 4.69) is 15.9 Å². The summed E-state index contributed by atoms with van der Waals surface area (Å²) in [6.07, 6.45) is 4.10. The first-order chi connectivity index (χ1) is 9.49. The van der Waals surface area contributed by atoms with E-state index in [9.17, 15) is 9.59 Å². The minimum Gasteiger partial charge on any atom is -0.368 e. The van der Waals surface area contributed by atoms with Gasteiger partial charge in [-0.05, 0) is 37.5 Å². The standard InChI is InChI=1S/C15H19BrN2O2/c1-10-6-7-11(16)8-13(10)15(20)18(9-14(17)19)12-4-2-3-5-12/h6-8,12H,2-5,9H2,1H3,(H2,17,19). The normalized spacial score (nSPS) is 15.3. The van der Waals surface area contributed by atoms with Gasteiger partial charge < -0.3 is 10.6 Å². The van der Waals surface area contributed by atoms with Gasteiger partial charge in [0.05, 0.1) is 6.54 Å². The van der Waals surface area contributed by atoms with Crippen LogP contribution < -0.4 is 5.73 Å². The molecule has 0 saturated heterocycles. The Morgan fingerprint density at radius 2 is 2.00 bits per heavy atom. The van der Waals surface area contributed by atoms with E-state index in [0.717, 1.165) is 35.7 Å². The predicted molar refractivity (Wildman–Crippen MR) is 81.4 cm³/mol. The number of carbonyl (C=O) groups excluding carboxylic acids is 2. The highest BCUT2D eigenvalue weighted by atomic mass is 79.9. The average molecular weight is 339 g/mol. The van der Waals surface area contributed by atoms with Crippen LogP contribution in [-0.4, -0.2) is 29.3 Å². The Labute approximate surface area is 127 Å². The lowest BCUT2D eigenvalue weighted by atomic mass is 10.1. The highest BCUT2D eigenvalue weighted by molar-refractivity contribution is 9.10. The lowest BCUT2D eigenvalue weighted by Crippen LogP contribution is -2.44. The van der Waals surface area contributed by atoms with Gasteiger partial charge in [0.15, 0.2) is 0 Å². The fourth-order valence-corrected chi connectivity index (χ4v) is 3.09. The van der Waals surface area contributed by atoms with Gasteiger partial charge in [-0.25, -0.2) is 0 Å². The Bertz CT molecular complexity index is 525. The SMILES string of the molecule is Cc1ccc(Br)cc1C(=O)N(CC(N)=O)C1CCCC1. The van der Waals surface area contributed by atoms with Crippen molar-refractivity contribution in [2.24, 2.45) is 5.73 Å². The molecule has 0 aliphatic heterocycles. The third kappa shape index (κ3) is 3.39. The number of primary amides is 1. The number of hydrogen-bond donors (Lipinski definition) is 1. The molecule has 2 N–H and O–H groups in total. The highest BCUT2D eigenvalue weighted by Gasteiger charge is 2.29. The summed E-state index contributed by atoms with van der Waals surface area (Å²) in [5.74, 6) is -0.563. The van der Waals surface area contributed by atoms with Crippen molar-refractivity contribution >= 4 is 27.7 Å². The van der Waals surface area contributed by atoms with Crippen molar-refractivity contribution in [1.29, 1.82) is 0 Å². The van der Waals surface area contributed by atoms with Crippen LogP contribution in [0.15, 0.2) is 22.7 Å². The van der Waals surface area contributed by atoms with Crippen molar-refractivity contribution in [2.45, 2.75) is 38.6 Å². The first-order valence-corrected chi connectivity index (χ1v) is 7.64. The maximum atomic E-state index is 12.7. The molecule has 2 rings (SSSR count). The number of halogens is 1. The second-order valence-corrected chi connectivity index (χ2v) is 6.21. The summed E-state index contributed by atoms with van der Waals surface area (Å²) >= 11 is 3.39. The summed E-state index contributed by atoms with van der Waals surface area (Å²) < 4.78 is 0.858. The van der Waals surface area contributed by atoms with Crippen molar-refractivity contribution < 1.29 is 9.59 Å². The Kier molecular flexibility index (Phi) is 4.81. The van der Waals surface area contributed by atoms with Crippen LogP contribution in [0.3, 0.4) is 0 Å². The molecule has 1 aliphatic rings. The molecular weight excluding hydrogens is 320 g/mol. The molecular formula is C15H19BrN2O2. The highest BCUT2D eigenvalue weighted by Crippen LogP contribution is 2.26. The van der Waals surface area contributed by atoms with Gasteiger partial charge in [0.25, 0.3) is 5.91 Å². The molecule has 2 amide bonds. The summed E-state index contributed by atoms with van der Waals surface area (Å²) in [4.78, 5) is 25.7. The van der Waals surface area contributed by atoms with Crippen molar-refractivity contribution in [2.75, 3.05) is 6.54 Å². The average Bonchev–Trinajstić information content (AvgIpc) is 2.91. The van der Waals surface area contributed by atoms with Crippen LogP contribution in [0.5, 0.6) is 0 Å². The minimum absolute atomic E-state index is 0.00451. The number of carbonyl (C=O) groups is 2. The summed E-state index contributed by atoms with van der Waals surface area (Å²) in [7, 11) is 0. The topological polar surface area (TPSA) is 63.4 Å². The molecule has 1 aliphatic carbocycles. The molecule has 0 atom stereocenters. The Morgan fingerprint density at radius 3 is 2.60 bits per heavy atom. The van der Waals surface area contributed by atoms with Gasteiger partial charge in [-0.1, -0.05) is 34.8 Å². The summed E-state index contributed by atoms with van der Waals surface area (Å²) in [5.41, 5.74) is 6.84. The molecule has 0 radical (unpaired) electrons. The van der Waals surface area contributed by atoms with E-state index < -0.39 is 5.91 Å². The molecule has 1 aromatic rings. The van der Waals surface area contributed by atoms with Gasteiger partial charge in [0, 0.05) is 16.1 Å². The van der Waals surface area contributed by atoms with Gasteiger partial charge in [-0.15, -0.1) is 0 Å². The van der Waals surface area contributed by atoms with Crippen molar-refractivity contribution in [3.8, 4) is 0 Å². The second kappa shape index (κ2) is 6.39. The smallest absolute Gasteiger partial charge is 0.254 e. The molecule has 108 valence electrons. The molecule has 1 aromatic carbocycles. The van der Waals surface area contributed by atoms with Crippen LogP contribution in [0, 0.1) is 6.92 Å². The van der Waals surface area contributed by atoms with Crippen molar-refractivity contribution in [3.63, 3.8) is 0 Å². The van der Waals surface area contributed by atoms with Gasteiger partial charge >= 0.3 is 0 Å². The van der Waals surface area contributed by atoms with E-state index in [4.69, 9.17) is 5.73 Å². The van der Waals surface area contributed by atoms with E-state index in [1.807, 2.05) is 19.1 Å². The number of nitrogens with zero attached hydrogens (tertiary/aromatic N) is 1. The van der Waals surface area contributed by atoms with Gasteiger partial charge in [-0.3, -0.25) is 9.59 Å². The quantitative estimate of drug-likeness (QED) is 0.917. The summed E-state index contributed by atoms with van der Waals surface area (Å²) in [6.45, 7) is 1.90. The maximum absolute atomic E-state index is 12.7. The first kappa shape index (κ1) is 15.0. The Hall–Kier alpha value is -1.36. The second-order valence-electron chi connectivity index (χ2n) is 5.30. The van der Waals surface area contributed by atoms with Crippen molar-refractivity contribution in [3.05, 3.63) is 33.8 Å².